The number of benzene rings is 1. The molecule has 7 nitrogen and oxygen atoms in total. The van der Waals surface area contributed by atoms with E-state index in [1.54, 1.807) is 0 Å². The van der Waals surface area contributed by atoms with Gasteiger partial charge in [0.05, 0.1) is 16.8 Å². The zero-order valence-corrected chi connectivity index (χ0v) is 14.9. The summed E-state index contributed by atoms with van der Waals surface area (Å²) in [6.07, 6.45) is 0.981. The van der Waals surface area contributed by atoms with Crippen LogP contribution in [0.4, 0.5) is 11.5 Å². The summed E-state index contributed by atoms with van der Waals surface area (Å²) in [6, 6.07) is 7.43. The first kappa shape index (κ1) is 16.9. The van der Waals surface area contributed by atoms with Crippen LogP contribution in [0.15, 0.2) is 24.3 Å². The number of carbonyl (C=O) groups is 2. The number of amides is 1. The predicted octanol–water partition coefficient (Wildman–Crippen LogP) is 1.42. The number of anilines is 2. The van der Waals surface area contributed by atoms with Crippen molar-refractivity contribution in [3.63, 3.8) is 0 Å². The number of pyridine rings is 1. The van der Waals surface area contributed by atoms with Gasteiger partial charge in [0.1, 0.15) is 0 Å². The van der Waals surface area contributed by atoms with Gasteiger partial charge in [0.2, 0.25) is 0 Å². The third-order valence-corrected chi connectivity index (χ3v) is 5.10. The first-order valence-corrected chi connectivity index (χ1v) is 9.06. The first-order valence-electron chi connectivity index (χ1n) is 9.06. The zero-order chi connectivity index (χ0) is 18.1. The number of para-hydroxylation sites is 1. The molecule has 1 fully saturated rings. The van der Waals surface area contributed by atoms with Crippen LogP contribution in [0, 0.1) is 0 Å². The van der Waals surface area contributed by atoms with E-state index < -0.39 is 11.7 Å². The molecular weight excluding hydrogens is 330 g/mol. The smallest absolute Gasteiger partial charge is 0.296 e. The van der Waals surface area contributed by atoms with Crippen molar-refractivity contribution in [2.45, 2.75) is 6.42 Å². The van der Waals surface area contributed by atoms with Crippen molar-refractivity contribution in [1.29, 1.82) is 0 Å². The summed E-state index contributed by atoms with van der Waals surface area (Å²) in [5.41, 5.74) is 1.66. The molecule has 0 bridgehead atoms. The number of likely N-dealkylation sites (N-methyl/N-ethyl adjacent to an activating group) is 1. The number of rotatable bonds is 5. The Hall–Kier alpha value is -2.51. The van der Waals surface area contributed by atoms with Gasteiger partial charge < -0.3 is 20.4 Å². The number of fused-ring (bicyclic) bond motifs is 3. The van der Waals surface area contributed by atoms with Crippen LogP contribution in [0.5, 0.6) is 0 Å². The van der Waals surface area contributed by atoms with Crippen LogP contribution in [-0.2, 0) is 4.79 Å². The molecule has 0 atom stereocenters. The van der Waals surface area contributed by atoms with E-state index >= 15 is 0 Å². The molecule has 26 heavy (non-hydrogen) atoms. The second kappa shape index (κ2) is 7.01. The van der Waals surface area contributed by atoms with Gasteiger partial charge >= 0.3 is 0 Å². The quantitative estimate of drug-likeness (QED) is 0.625. The number of hydrogen-bond donors (Lipinski definition) is 2. The molecular formula is C19H23N5O2. The summed E-state index contributed by atoms with van der Waals surface area (Å²) in [5.74, 6) is -0.492. The van der Waals surface area contributed by atoms with Crippen molar-refractivity contribution in [3.8, 4) is 0 Å². The first-order chi connectivity index (χ1) is 12.6. The topological polar surface area (TPSA) is 77.6 Å². The Morgan fingerprint density at radius 3 is 2.73 bits per heavy atom. The largest absolute Gasteiger partial charge is 0.368 e. The molecule has 1 amide bonds. The van der Waals surface area contributed by atoms with Crippen LogP contribution in [0.25, 0.3) is 10.9 Å². The summed E-state index contributed by atoms with van der Waals surface area (Å²) >= 11 is 0. The highest BCUT2D eigenvalue weighted by molar-refractivity contribution is 6.54. The van der Waals surface area contributed by atoms with E-state index in [0.29, 0.717) is 22.5 Å². The standard InChI is InChI=1S/C19H23N5O2/c1-23-9-11-24(12-10-23)8-4-7-20-18-16-15(17(25)19(26)22-16)13-5-2-3-6-14(13)21-18/h2-3,5-6H,4,7-12H2,1H3,(H,20,21)(H,22,25,26). The van der Waals surface area contributed by atoms with Crippen LogP contribution >= 0.6 is 0 Å². The molecule has 1 aromatic heterocycles. The molecule has 2 aromatic rings. The highest BCUT2D eigenvalue weighted by Gasteiger charge is 2.33. The molecule has 0 aliphatic carbocycles. The fourth-order valence-corrected chi connectivity index (χ4v) is 3.56. The minimum Gasteiger partial charge on any atom is -0.368 e. The minimum absolute atomic E-state index is 0.433. The average molecular weight is 353 g/mol. The Bertz CT molecular complexity index is 858. The molecule has 2 aliphatic heterocycles. The molecule has 7 heteroatoms. The summed E-state index contributed by atoms with van der Waals surface area (Å²) in [5, 5.41) is 6.70. The van der Waals surface area contributed by atoms with Gasteiger partial charge in [0, 0.05) is 38.1 Å². The van der Waals surface area contributed by atoms with Crippen molar-refractivity contribution in [2.75, 3.05) is 56.9 Å². The minimum atomic E-state index is -0.585. The summed E-state index contributed by atoms with van der Waals surface area (Å²) in [6.45, 7) is 6.20. The van der Waals surface area contributed by atoms with Crippen molar-refractivity contribution >= 4 is 34.1 Å². The maximum absolute atomic E-state index is 12.2. The fraction of sp³-hybridized carbons (Fsp3) is 0.421. The summed E-state index contributed by atoms with van der Waals surface area (Å²) in [7, 11) is 2.15. The lowest BCUT2D eigenvalue weighted by molar-refractivity contribution is -0.112. The van der Waals surface area contributed by atoms with Gasteiger partial charge in [0.15, 0.2) is 5.82 Å². The lowest BCUT2D eigenvalue weighted by atomic mass is 10.1. The molecule has 0 spiro atoms. The Morgan fingerprint density at radius 1 is 1.15 bits per heavy atom. The molecule has 0 unspecified atom stereocenters. The lowest BCUT2D eigenvalue weighted by Gasteiger charge is -2.32. The Balaban J connectivity index is 1.46. The Labute approximate surface area is 152 Å². The van der Waals surface area contributed by atoms with Crippen molar-refractivity contribution in [3.05, 3.63) is 29.8 Å². The van der Waals surface area contributed by atoms with Gasteiger partial charge in [-0.25, -0.2) is 4.98 Å². The molecule has 2 aliphatic rings. The predicted molar refractivity (Wildman–Crippen MR) is 102 cm³/mol. The average Bonchev–Trinajstić information content (AvgIpc) is 2.95. The number of ketones is 1. The van der Waals surface area contributed by atoms with E-state index in [-0.39, 0.29) is 0 Å². The van der Waals surface area contributed by atoms with E-state index in [2.05, 4.69) is 32.5 Å². The van der Waals surface area contributed by atoms with E-state index in [1.165, 1.54) is 0 Å². The van der Waals surface area contributed by atoms with Gasteiger partial charge in [-0.1, -0.05) is 18.2 Å². The molecule has 0 saturated carbocycles. The maximum Gasteiger partial charge on any atom is 0.296 e. The van der Waals surface area contributed by atoms with E-state index in [4.69, 9.17) is 0 Å². The molecule has 0 radical (unpaired) electrons. The van der Waals surface area contributed by atoms with E-state index in [0.717, 1.165) is 51.2 Å². The SMILES string of the molecule is CN1CCN(CCCNc2nc3ccccc3c3c2NC(=O)C3=O)CC1. The van der Waals surface area contributed by atoms with Crippen LogP contribution in [-0.4, -0.2) is 72.8 Å². The highest BCUT2D eigenvalue weighted by Crippen LogP contribution is 2.35. The Morgan fingerprint density at radius 2 is 1.92 bits per heavy atom. The van der Waals surface area contributed by atoms with Gasteiger partial charge in [-0.15, -0.1) is 0 Å². The monoisotopic (exact) mass is 353 g/mol. The lowest BCUT2D eigenvalue weighted by Crippen LogP contribution is -2.44. The maximum atomic E-state index is 12.2. The van der Waals surface area contributed by atoms with Gasteiger partial charge in [-0.3, -0.25) is 9.59 Å². The van der Waals surface area contributed by atoms with Crippen LogP contribution in [0.2, 0.25) is 0 Å². The third kappa shape index (κ3) is 3.15. The number of carbonyl (C=O) groups excluding carboxylic acids is 2. The van der Waals surface area contributed by atoms with Gasteiger partial charge in [0.25, 0.3) is 11.7 Å². The molecule has 136 valence electrons. The number of aromatic nitrogens is 1. The number of piperazine rings is 1. The second-order valence-corrected chi connectivity index (χ2v) is 6.94. The molecule has 3 heterocycles. The van der Waals surface area contributed by atoms with Crippen molar-refractivity contribution < 1.29 is 9.59 Å². The highest BCUT2D eigenvalue weighted by atomic mass is 16.2. The number of nitrogens with one attached hydrogen (secondary N) is 2. The summed E-state index contributed by atoms with van der Waals surface area (Å²) in [4.78, 5) is 33.5. The van der Waals surface area contributed by atoms with E-state index in [1.807, 2.05) is 24.3 Å². The fourth-order valence-electron chi connectivity index (χ4n) is 3.56. The summed E-state index contributed by atoms with van der Waals surface area (Å²) < 4.78 is 0. The molecule has 2 N–H and O–H groups in total. The normalized spacial score (nSPS) is 18.2. The zero-order valence-electron chi connectivity index (χ0n) is 14.9. The molecule has 1 saturated heterocycles. The van der Waals surface area contributed by atoms with Crippen LogP contribution < -0.4 is 10.6 Å². The number of hydrogen-bond acceptors (Lipinski definition) is 6. The van der Waals surface area contributed by atoms with Crippen LogP contribution in [0.3, 0.4) is 0 Å². The van der Waals surface area contributed by atoms with Gasteiger partial charge in [-0.2, -0.15) is 0 Å². The van der Waals surface area contributed by atoms with Crippen LogP contribution in [0.1, 0.15) is 16.8 Å². The van der Waals surface area contributed by atoms with Crippen molar-refractivity contribution in [2.24, 2.45) is 0 Å². The van der Waals surface area contributed by atoms with Crippen molar-refractivity contribution in [1.82, 2.24) is 14.8 Å². The number of Topliss-reactive ketones (excluding diaryl/α,β-unsaturated/α-hetero) is 1. The van der Waals surface area contributed by atoms with Gasteiger partial charge in [-0.05, 0) is 26.1 Å². The van der Waals surface area contributed by atoms with E-state index in [9.17, 15) is 9.59 Å². The number of nitrogens with zero attached hydrogens (tertiary/aromatic N) is 3. The third-order valence-electron chi connectivity index (χ3n) is 5.10. The molecule has 1 aromatic carbocycles. The second-order valence-electron chi connectivity index (χ2n) is 6.94. The molecule has 4 rings (SSSR count). The Kier molecular flexibility index (Phi) is 4.57.